The Hall–Kier alpha value is -4.71. The van der Waals surface area contributed by atoms with Gasteiger partial charge >= 0.3 is 0 Å². The van der Waals surface area contributed by atoms with Gasteiger partial charge in [-0.2, -0.15) is 0 Å². The number of methoxy groups -OCH3 is 1. The highest BCUT2D eigenvalue weighted by Crippen LogP contribution is 2.47. The first-order chi connectivity index (χ1) is 23.7. The fourth-order valence-electron chi connectivity index (χ4n) is 5.30. The number of ether oxygens (including phenoxy) is 3. The number of fused-ring (bicyclic) bond motifs is 1. The van der Waals surface area contributed by atoms with Crippen LogP contribution in [0.25, 0.3) is 10.9 Å². The lowest BCUT2D eigenvalue weighted by Gasteiger charge is -2.16. The molecule has 258 valence electrons. The number of pyridine rings is 1. The van der Waals surface area contributed by atoms with E-state index in [0.717, 1.165) is 50.3 Å². The quantitative estimate of drug-likeness (QED) is 0.0835. The minimum Gasteiger partial charge on any atom is -0.493 e. The Kier molecular flexibility index (Phi) is 12.1. The summed E-state index contributed by atoms with van der Waals surface area (Å²) in [7, 11) is 1.54. The fourth-order valence-corrected chi connectivity index (χ4v) is 5.93. The zero-order chi connectivity index (χ0) is 34.8. The summed E-state index contributed by atoms with van der Waals surface area (Å²) >= 11 is 1.38. The Labute approximate surface area is 288 Å². The zero-order valence-corrected chi connectivity index (χ0v) is 28.3. The fraction of sp³-hybridized carbons (Fsp3) is 0.351. The molecule has 9 nitrogen and oxygen atoms in total. The van der Waals surface area contributed by atoms with E-state index in [9.17, 15) is 18.8 Å². The second kappa shape index (κ2) is 16.6. The third kappa shape index (κ3) is 9.47. The number of hydrogen-bond donors (Lipinski definition) is 2. The van der Waals surface area contributed by atoms with Gasteiger partial charge in [0, 0.05) is 47.8 Å². The Bertz CT molecular complexity index is 1800. The molecule has 1 saturated carbocycles. The standard InChI is InChI=1S/C37H39F2N3O6S/c1-24(43)49-20-8-6-4-3-5-7-19-47-34-23-30-28(22-33(34)46-2)31(15-18-40-30)48-32-14-13-27(21-29(32)39)42-36(45)37(16-17-37)35(44)41-26-11-9-25(38)10-12-26/h9-15,18,21-23H,3-8,16-17,19-20H2,1-2H3,(H,41,44)(H,42,45). The van der Waals surface area contributed by atoms with Crippen LogP contribution in [0.1, 0.15) is 58.3 Å². The minimum atomic E-state index is -1.28. The maximum atomic E-state index is 15.3. The first-order valence-corrected chi connectivity index (χ1v) is 17.3. The van der Waals surface area contributed by atoms with Gasteiger partial charge < -0.3 is 24.8 Å². The molecule has 1 aliphatic rings. The Morgan fingerprint density at radius 2 is 1.47 bits per heavy atom. The molecule has 2 amide bonds. The average Bonchev–Trinajstić information content (AvgIpc) is 3.90. The molecule has 0 radical (unpaired) electrons. The SMILES string of the molecule is COc1cc2c(Oc3ccc(NC(=O)C4(C(=O)Nc5ccc(F)cc5)CC4)cc3F)ccnc2cc1OCCCCCCCCSC(C)=O. The van der Waals surface area contributed by atoms with E-state index >= 15 is 4.39 Å². The van der Waals surface area contributed by atoms with Crippen molar-refractivity contribution in [3.63, 3.8) is 0 Å². The number of nitrogens with zero attached hydrogens (tertiary/aromatic N) is 1. The van der Waals surface area contributed by atoms with Crippen LogP contribution in [0.5, 0.6) is 23.0 Å². The van der Waals surface area contributed by atoms with Gasteiger partial charge in [0.25, 0.3) is 0 Å². The lowest BCUT2D eigenvalue weighted by atomic mass is 10.0. The van der Waals surface area contributed by atoms with Crippen LogP contribution in [-0.2, 0) is 14.4 Å². The monoisotopic (exact) mass is 691 g/mol. The molecular weight excluding hydrogens is 652 g/mol. The van der Waals surface area contributed by atoms with E-state index in [0.29, 0.717) is 53.3 Å². The van der Waals surface area contributed by atoms with E-state index in [4.69, 9.17) is 14.2 Å². The van der Waals surface area contributed by atoms with Crippen LogP contribution < -0.4 is 24.8 Å². The lowest BCUT2D eigenvalue weighted by molar-refractivity contribution is -0.131. The van der Waals surface area contributed by atoms with Crippen molar-refractivity contribution in [1.29, 1.82) is 0 Å². The van der Waals surface area contributed by atoms with E-state index in [-0.39, 0.29) is 16.6 Å². The Balaban J connectivity index is 1.16. The van der Waals surface area contributed by atoms with Gasteiger partial charge in [-0.05, 0) is 74.2 Å². The maximum absolute atomic E-state index is 15.3. The van der Waals surface area contributed by atoms with Crippen molar-refractivity contribution in [3.8, 4) is 23.0 Å². The number of nitrogens with one attached hydrogen (secondary N) is 2. The highest BCUT2D eigenvalue weighted by atomic mass is 32.2. The average molecular weight is 692 g/mol. The predicted molar refractivity (Wildman–Crippen MR) is 186 cm³/mol. The summed E-state index contributed by atoms with van der Waals surface area (Å²) in [5.41, 5.74) is -0.161. The maximum Gasteiger partial charge on any atom is 0.240 e. The van der Waals surface area contributed by atoms with Gasteiger partial charge in [0.2, 0.25) is 11.8 Å². The number of unbranched alkanes of at least 4 members (excludes halogenated alkanes) is 5. The lowest BCUT2D eigenvalue weighted by Crippen LogP contribution is -2.35. The van der Waals surface area contributed by atoms with E-state index in [2.05, 4.69) is 15.6 Å². The van der Waals surface area contributed by atoms with Crippen molar-refractivity contribution >= 4 is 51.0 Å². The largest absolute Gasteiger partial charge is 0.493 e. The second-order valence-electron chi connectivity index (χ2n) is 11.9. The molecule has 0 bridgehead atoms. The topological polar surface area (TPSA) is 116 Å². The smallest absolute Gasteiger partial charge is 0.240 e. The summed E-state index contributed by atoms with van der Waals surface area (Å²) in [5.74, 6) is -0.0178. The van der Waals surface area contributed by atoms with Crippen LogP contribution in [0.15, 0.2) is 66.9 Å². The number of anilines is 2. The van der Waals surface area contributed by atoms with Gasteiger partial charge in [-0.25, -0.2) is 8.78 Å². The first-order valence-electron chi connectivity index (χ1n) is 16.3. The van der Waals surface area contributed by atoms with E-state index in [1.165, 1.54) is 48.2 Å². The third-order valence-electron chi connectivity index (χ3n) is 8.22. The second-order valence-corrected chi connectivity index (χ2v) is 13.2. The molecule has 2 N–H and O–H groups in total. The van der Waals surface area contributed by atoms with Crippen molar-refractivity contribution in [2.24, 2.45) is 5.41 Å². The number of rotatable bonds is 17. The number of thioether (sulfide) groups is 1. The Morgan fingerprint density at radius 3 is 2.14 bits per heavy atom. The van der Waals surface area contributed by atoms with Crippen molar-refractivity contribution in [1.82, 2.24) is 4.98 Å². The number of carbonyl (C=O) groups is 3. The van der Waals surface area contributed by atoms with Crippen molar-refractivity contribution in [3.05, 3.63) is 78.5 Å². The van der Waals surface area contributed by atoms with Crippen molar-refractivity contribution in [2.45, 2.75) is 58.3 Å². The van der Waals surface area contributed by atoms with Crippen LogP contribution >= 0.6 is 11.8 Å². The molecule has 12 heteroatoms. The summed E-state index contributed by atoms with van der Waals surface area (Å²) in [4.78, 5) is 41.4. The molecule has 5 rings (SSSR count). The molecular formula is C37H39F2N3O6S. The number of benzene rings is 3. The third-order valence-corrected chi connectivity index (χ3v) is 9.12. The normalized spacial score (nSPS) is 13.1. The van der Waals surface area contributed by atoms with Crippen LogP contribution in [0.3, 0.4) is 0 Å². The van der Waals surface area contributed by atoms with Crippen LogP contribution in [0.4, 0.5) is 20.2 Å². The van der Waals surface area contributed by atoms with Gasteiger partial charge in [-0.1, -0.05) is 37.4 Å². The van der Waals surface area contributed by atoms with Crippen LogP contribution in [0.2, 0.25) is 0 Å². The molecule has 0 saturated heterocycles. The molecule has 4 aromatic rings. The summed E-state index contributed by atoms with van der Waals surface area (Å²) in [5, 5.41) is 6.05. The van der Waals surface area contributed by atoms with Crippen molar-refractivity contribution < 1.29 is 37.4 Å². The van der Waals surface area contributed by atoms with Gasteiger partial charge in [0.1, 0.15) is 17.0 Å². The molecule has 0 spiro atoms. The molecule has 49 heavy (non-hydrogen) atoms. The summed E-state index contributed by atoms with van der Waals surface area (Å²) < 4.78 is 46.0. The molecule has 1 aliphatic carbocycles. The van der Waals surface area contributed by atoms with Crippen LogP contribution in [-0.4, -0.2) is 41.4 Å². The molecule has 0 atom stereocenters. The van der Waals surface area contributed by atoms with Gasteiger partial charge in [-0.3, -0.25) is 19.4 Å². The number of carbonyl (C=O) groups excluding carboxylic acids is 3. The minimum absolute atomic E-state index is 0.0717. The van der Waals surface area contributed by atoms with E-state index in [1.54, 1.807) is 38.4 Å². The highest BCUT2D eigenvalue weighted by Gasteiger charge is 2.56. The van der Waals surface area contributed by atoms with E-state index in [1.807, 2.05) is 0 Å². The molecule has 0 unspecified atom stereocenters. The molecule has 1 aromatic heterocycles. The number of hydrogen-bond acceptors (Lipinski definition) is 8. The van der Waals surface area contributed by atoms with Crippen LogP contribution in [0, 0.1) is 17.0 Å². The van der Waals surface area contributed by atoms with Crippen molar-refractivity contribution in [2.75, 3.05) is 30.1 Å². The van der Waals surface area contributed by atoms with E-state index < -0.39 is 28.9 Å². The molecule has 1 heterocycles. The highest BCUT2D eigenvalue weighted by molar-refractivity contribution is 8.13. The predicted octanol–water partition coefficient (Wildman–Crippen LogP) is 8.67. The van der Waals surface area contributed by atoms with Gasteiger partial charge in [-0.15, -0.1) is 0 Å². The number of aromatic nitrogens is 1. The van der Waals surface area contributed by atoms with Gasteiger partial charge in [0.05, 0.1) is 19.2 Å². The number of amides is 2. The zero-order valence-electron chi connectivity index (χ0n) is 27.5. The molecule has 0 aliphatic heterocycles. The summed E-state index contributed by atoms with van der Waals surface area (Å²) in [6, 6.07) is 14.4. The number of halogens is 2. The summed E-state index contributed by atoms with van der Waals surface area (Å²) in [6.45, 7) is 2.12. The summed E-state index contributed by atoms with van der Waals surface area (Å²) in [6.07, 6.45) is 8.55. The molecule has 3 aromatic carbocycles. The van der Waals surface area contributed by atoms with Gasteiger partial charge in [0.15, 0.2) is 28.2 Å². The Morgan fingerprint density at radius 1 is 0.796 bits per heavy atom. The first kappa shape index (κ1) is 35.6. The molecule has 1 fully saturated rings.